The van der Waals surface area contributed by atoms with Crippen LogP contribution in [0.5, 0.6) is 11.5 Å². The molecule has 0 unspecified atom stereocenters. The van der Waals surface area contributed by atoms with Crippen molar-refractivity contribution < 1.29 is 14.3 Å². The first kappa shape index (κ1) is 22.1. The molecule has 7 nitrogen and oxygen atoms in total. The van der Waals surface area contributed by atoms with E-state index >= 15 is 0 Å². The number of nitrogens with one attached hydrogen (secondary N) is 1. The number of nitrogens with zero attached hydrogens (tertiary/aromatic N) is 3. The number of aryl methyl sites for hydroxylation is 2. The molecular formula is C26H26N4O3. The summed E-state index contributed by atoms with van der Waals surface area (Å²) < 4.78 is 13.4. The van der Waals surface area contributed by atoms with E-state index in [0.717, 1.165) is 34.5 Å². The van der Waals surface area contributed by atoms with Crippen LogP contribution in [0.4, 0.5) is 0 Å². The first-order chi connectivity index (χ1) is 16.1. The number of aromatic nitrogens is 2. The number of hydrogen-bond donors (Lipinski definition) is 1. The van der Waals surface area contributed by atoms with Crippen molar-refractivity contribution >= 4 is 23.2 Å². The molecule has 0 fully saturated rings. The number of imidazole rings is 1. The number of hydrogen-bond acceptors (Lipinski definition) is 5. The molecule has 1 N–H and O–H groups in total. The SMILES string of the molecule is CCn1c(C)nc2cc(C(=O)N/N=C/c3ccc(OC)c(OCc4ccccc4)c3)ccc21. The highest BCUT2D eigenvalue weighted by molar-refractivity contribution is 5.98. The van der Waals surface area contributed by atoms with Gasteiger partial charge >= 0.3 is 0 Å². The zero-order chi connectivity index (χ0) is 23.2. The number of rotatable bonds is 8. The Morgan fingerprint density at radius 3 is 2.67 bits per heavy atom. The quantitative estimate of drug-likeness (QED) is 0.316. The minimum Gasteiger partial charge on any atom is -0.493 e. The van der Waals surface area contributed by atoms with Crippen LogP contribution in [0.1, 0.15) is 34.2 Å². The van der Waals surface area contributed by atoms with Crippen LogP contribution in [0.25, 0.3) is 11.0 Å². The predicted octanol–water partition coefficient (Wildman–Crippen LogP) is 4.72. The van der Waals surface area contributed by atoms with Crippen LogP contribution in [-0.2, 0) is 13.2 Å². The fraction of sp³-hybridized carbons (Fsp3) is 0.192. The van der Waals surface area contributed by atoms with Gasteiger partial charge in [0.25, 0.3) is 5.91 Å². The van der Waals surface area contributed by atoms with Gasteiger partial charge in [-0.2, -0.15) is 5.10 Å². The van der Waals surface area contributed by atoms with Gasteiger partial charge in [0.2, 0.25) is 0 Å². The number of benzene rings is 3. The molecule has 0 spiro atoms. The number of fused-ring (bicyclic) bond motifs is 1. The number of amides is 1. The second-order valence-corrected chi connectivity index (χ2v) is 7.49. The topological polar surface area (TPSA) is 77.7 Å². The molecule has 0 saturated carbocycles. The van der Waals surface area contributed by atoms with Gasteiger partial charge in [0, 0.05) is 12.1 Å². The van der Waals surface area contributed by atoms with Gasteiger partial charge in [-0.05, 0) is 61.4 Å². The van der Waals surface area contributed by atoms with E-state index in [1.54, 1.807) is 25.5 Å². The molecule has 0 bridgehead atoms. The average Bonchev–Trinajstić information content (AvgIpc) is 3.17. The third kappa shape index (κ3) is 5.03. The molecule has 0 atom stereocenters. The second kappa shape index (κ2) is 9.99. The minimum atomic E-state index is -0.300. The Bertz CT molecular complexity index is 1300. The molecule has 0 aliphatic rings. The van der Waals surface area contributed by atoms with Crippen molar-refractivity contribution in [1.29, 1.82) is 0 Å². The summed E-state index contributed by atoms with van der Waals surface area (Å²) in [4.78, 5) is 17.1. The lowest BCUT2D eigenvalue weighted by Crippen LogP contribution is -2.17. The van der Waals surface area contributed by atoms with Crippen molar-refractivity contribution in [1.82, 2.24) is 15.0 Å². The van der Waals surface area contributed by atoms with E-state index in [1.165, 1.54) is 0 Å². The van der Waals surface area contributed by atoms with Crippen molar-refractivity contribution in [3.8, 4) is 11.5 Å². The van der Waals surface area contributed by atoms with E-state index in [0.29, 0.717) is 23.7 Å². The standard InChI is InChI=1S/C26H26N4O3/c1-4-30-18(2)28-22-15-21(11-12-23(22)30)26(31)29-27-16-20-10-13-24(32-3)25(14-20)33-17-19-8-6-5-7-9-19/h5-16H,4,17H2,1-3H3,(H,29,31)/b27-16+. The number of hydrazone groups is 1. The lowest BCUT2D eigenvalue weighted by molar-refractivity contribution is 0.0955. The zero-order valence-corrected chi connectivity index (χ0v) is 18.9. The smallest absolute Gasteiger partial charge is 0.271 e. The van der Waals surface area contributed by atoms with Gasteiger partial charge in [-0.25, -0.2) is 10.4 Å². The number of methoxy groups -OCH3 is 1. The molecule has 168 valence electrons. The van der Waals surface area contributed by atoms with Crippen molar-refractivity contribution in [3.05, 3.63) is 89.2 Å². The van der Waals surface area contributed by atoms with Gasteiger partial charge in [0.1, 0.15) is 12.4 Å². The van der Waals surface area contributed by atoms with Crippen LogP contribution < -0.4 is 14.9 Å². The zero-order valence-electron chi connectivity index (χ0n) is 18.9. The Labute approximate surface area is 192 Å². The van der Waals surface area contributed by atoms with Crippen molar-refractivity contribution in [3.63, 3.8) is 0 Å². The van der Waals surface area contributed by atoms with Crippen LogP contribution in [0.2, 0.25) is 0 Å². The molecule has 4 aromatic rings. The third-order valence-electron chi connectivity index (χ3n) is 5.32. The Kier molecular flexibility index (Phi) is 6.69. The lowest BCUT2D eigenvalue weighted by Gasteiger charge is -2.11. The van der Waals surface area contributed by atoms with Gasteiger partial charge in [-0.15, -0.1) is 0 Å². The molecule has 1 amide bonds. The highest BCUT2D eigenvalue weighted by Crippen LogP contribution is 2.28. The summed E-state index contributed by atoms with van der Waals surface area (Å²) in [5, 5.41) is 4.11. The van der Waals surface area contributed by atoms with Gasteiger partial charge in [-0.3, -0.25) is 4.79 Å². The highest BCUT2D eigenvalue weighted by Gasteiger charge is 2.11. The molecule has 7 heteroatoms. The maximum atomic E-state index is 12.6. The first-order valence-electron chi connectivity index (χ1n) is 10.7. The maximum Gasteiger partial charge on any atom is 0.271 e. The van der Waals surface area contributed by atoms with Crippen LogP contribution in [0.3, 0.4) is 0 Å². The molecule has 1 aromatic heterocycles. The molecule has 4 rings (SSSR count). The molecule has 33 heavy (non-hydrogen) atoms. The third-order valence-corrected chi connectivity index (χ3v) is 5.32. The summed E-state index contributed by atoms with van der Waals surface area (Å²) in [5.74, 6) is 1.85. The van der Waals surface area contributed by atoms with Crippen LogP contribution in [-0.4, -0.2) is 28.8 Å². The molecule has 0 radical (unpaired) electrons. The summed E-state index contributed by atoms with van der Waals surface area (Å²) in [6, 6.07) is 20.8. The second-order valence-electron chi connectivity index (χ2n) is 7.49. The van der Waals surface area contributed by atoms with E-state index in [4.69, 9.17) is 9.47 Å². The molecule has 1 heterocycles. The van der Waals surface area contributed by atoms with E-state index in [-0.39, 0.29) is 5.91 Å². The predicted molar refractivity (Wildman–Crippen MR) is 129 cm³/mol. The summed E-state index contributed by atoms with van der Waals surface area (Å²) in [6.07, 6.45) is 1.57. The van der Waals surface area contributed by atoms with E-state index in [9.17, 15) is 4.79 Å². The van der Waals surface area contributed by atoms with E-state index in [1.807, 2.05) is 61.5 Å². The molecule has 0 aliphatic heterocycles. The van der Waals surface area contributed by atoms with Crippen LogP contribution >= 0.6 is 0 Å². The minimum absolute atomic E-state index is 0.300. The Morgan fingerprint density at radius 2 is 1.91 bits per heavy atom. The number of carbonyl (C=O) groups excluding carboxylic acids is 1. The monoisotopic (exact) mass is 442 g/mol. The molecule has 0 aliphatic carbocycles. The molecular weight excluding hydrogens is 416 g/mol. The Balaban J connectivity index is 1.44. The van der Waals surface area contributed by atoms with Crippen molar-refractivity contribution in [2.75, 3.05) is 7.11 Å². The maximum absolute atomic E-state index is 12.6. The van der Waals surface area contributed by atoms with Gasteiger partial charge < -0.3 is 14.0 Å². The van der Waals surface area contributed by atoms with Crippen LogP contribution in [0, 0.1) is 6.92 Å². The van der Waals surface area contributed by atoms with E-state index in [2.05, 4.69) is 27.0 Å². The highest BCUT2D eigenvalue weighted by atomic mass is 16.5. The number of carbonyl (C=O) groups is 1. The van der Waals surface area contributed by atoms with E-state index < -0.39 is 0 Å². The van der Waals surface area contributed by atoms with Gasteiger partial charge in [0.05, 0.1) is 24.4 Å². The first-order valence-corrected chi connectivity index (χ1v) is 10.7. The molecule has 3 aromatic carbocycles. The fourth-order valence-corrected chi connectivity index (χ4v) is 3.64. The lowest BCUT2D eigenvalue weighted by atomic mass is 10.2. The van der Waals surface area contributed by atoms with Gasteiger partial charge in [-0.1, -0.05) is 30.3 Å². The Hall–Kier alpha value is -4.13. The average molecular weight is 443 g/mol. The van der Waals surface area contributed by atoms with Crippen molar-refractivity contribution in [2.24, 2.45) is 5.10 Å². The molecule has 0 saturated heterocycles. The van der Waals surface area contributed by atoms with Gasteiger partial charge in [0.15, 0.2) is 11.5 Å². The summed E-state index contributed by atoms with van der Waals surface area (Å²) in [6.45, 7) is 5.28. The summed E-state index contributed by atoms with van der Waals surface area (Å²) in [5.41, 5.74) is 6.71. The largest absolute Gasteiger partial charge is 0.493 e. The summed E-state index contributed by atoms with van der Waals surface area (Å²) >= 11 is 0. The fourth-order valence-electron chi connectivity index (χ4n) is 3.64. The summed E-state index contributed by atoms with van der Waals surface area (Å²) in [7, 11) is 1.60. The van der Waals surface area contributed by atoms with Crippen molar-refractivity contribution in [2.45, 2.75) is 27.0 Å². The normalized spacial score (nSPS) is 11.1. The number of ether oxygens (including phenoxy) is 2. The van der Waals surface area contributed by atoms with Crippen LogP contribution in [0.15, 0.2) is 71.8 Å². The Morgan fingerprint density at radius 1 is 1.09 bits per heavy atom.